The highest BCUT2D eigenvalue weighted by Gasteiger charge is 2.51. The monoisotopic (exact) mass is 516 g/mol. The molecule has 7 rings (SSSR count). The highest BCUT2D eigenvalue weighted by molar-refractivity contribution is 6.06. The SMILES string of the molecule is CC1(C)CN(C(=O)c2cc(Nc3ccc4c(c3)CC3(C4)C(=O)Nc4ncccc43)ncn2)Cc2ccccc21. The van der Waals surface area contributed by atoms with Crippen molar-refractivity contribution in [3.8, 4) is 0 Å². The second-order valence-corrected chi connectivity index (χ2v) is 11.4. The maximum atomic E-state index is 13.5. The van der Waals surface area contributed by atoms with Gasteiger partial charge in [-0.15, -0.1) is 0 Å². The van der Waals surface area contributed by atoms with Crippen molar-refractivity contribution >= 4 is 29.1 Å². The first-order chi connectivity index (χ1) is 18.8. The van der Waals surface area contributed by atoms with Gasteiger partial charge in [0.1, 0.15) is 23.7 Å². The van der Waals surface area contributed by atoms with Gasteiger partial charge < -0.3 is 15.5 Å². The van der Waals surface area contributed by atoms with Crippen LogP contribution in [0.2, 0.25) is 0 Å². The largest absolute Gasteiger partial charge is 0.340 e. The molecule has 2 aromatic heterocycles. The molecule has 8 nitrogen and oxygen atoms in total. The van der Waals surface area contributed by atoms with Gasteiger partial charge in [-0.1, -0.05) is 50.2 Å². The van der Waals surface area contributed by atoms with Crippen LogP contribution < -0.4 is 10.6 Å². The van der Waals surface area contributed by atoms with Crippen LogP contribution in [0.15, 0.2) is 73.2 Å². The van der Waals surface area contributed by atoms with Crippen LogP contribution in [0.4, 0.5) is 17.3 Å². The van der Waals surface area contributed by atoms with Gasteiger partial charge in [-0.3, -0.25) is 9.59 Å². The summed E-state index contributed by atoms with van der Waals surface area (Å²) in [6.45, 7) is 5.51. The van der Waals surface area contributed by atoms with Crippen molar-refractivity contribution in [3.05, 3.63) is 107 Å². The fourth-order valence-corrected chi connectivity index (χ4v) is 6.48. The smallest absolute Gasteiger partial charge is 0.272 e. The summed E-state index contributed by atoms with van der Waals surface area (Å²) < 4.78 is 0. The number of aromatic nitrogens is 3. The molecular weight excluding hydrogens is 488 g/mol. The van der Waals surface area contributed by atoms with E-state index in [1.54, 1.807) is 12.3 Å². The van der Waals surface area contributed by atoms with Crippen LogP contribution in [0.3, 0.4) is 0 Å². The third-order valence-electron chi connectivity index (χ3n) is 8.32. The number of rotatable bonds is 3. The number of nitrogens with zero attached hydrogens (tertiary/aromatic N) is 4. The number of benzene rings is 2. The minimum Gasteiger partial charge on any atom is -0.340 e. The van der Waals surface area contributed by atoms with E-state index in [1.165, 1.54) is 17.5 Å². The summed E-state index contributed by atoms with van der Waals surface area (Å²) in [6, 6.07) is 20.0. The number of fused-ring (bicyclic) bond motifs is 4. The zero-order valence-corrected chi connectivity index (χ0v) is 21.9. The Balaban J connectivity index is 1.11. The molecule has 4 aromatic rings. The first kappa shape index (κ1) is 23.5. The molecule has 0 fully saturated rings. The third-order valence-corrected chi connectivity index (χ3v) is 8.32. The zero-order valence-electron chi connectivity index (χ0n) is 21.9. The summed E-state index contributed by atoms with van der Waals surface area (Å²) in [5.41, 5.74) is 6.13. The van der Waals surface area contributed by atoms with Crippen LogP contribution in [0.25, 0.3) is 0 Å². The normalized spacial score (nSPS) is 20.3. The average molecular weight is 517 g/mol. The minimum atomic E-state index is -0.611. The molecular formula is C31H28N6O2. The van der Waals surface area contributed by atoms with Crippen LogP contribution in [0.1, 0.15) is 52.2 Å². The molecule has 2 aliphatic heterocycles. The predicted molar refractivity (Wildman–Crippen MR) is 148 cm³/mol. The van der Waals surface area contributed by atoms with Crippen LogP contribution in [0.5, 0.6) is 0 Å². The molecule has 4 heterocycles. The minimum absolute atomic E-state index is 0.00405. The first-order valence-corrected chi connectivity index (χ1v) is 13.2. The number of pyridine rings is 1. The summed E-state index contributed by atoms with van der Waals surface area (Å²) in [4.78, 5) is 41.4. The molecule has 1 spiro atoms. The highest BCUT2D eigenvalue weighted by atomic mass is 16.2. The van der Waals surface area contributed by atoms with E-state index in [0.717, 1.165) is 22.4 Å². The molecule has 194 valence electrons. The fourth-order valence-electron chi connectivity index (χ4n) is 6.48. The number of anilines is 3. The fraction of sp³-hybridized carbons (Fsp3) is 0.258. The summed E-state index contributed by atoms with van der Waals surface area (Å²) in [6.07, 6.45) is 4.39. The van der Waals surface area contributed by atoms with E-state index in [1.807, 2.05) is 29.2 Å². The van der Waals surface area contributed by atoms with E-state index in [2.05, 4.69) is 69.8 Å². The zero-order chi connectivity index (χ0) is 26.8. The third kappa shape index (κ3) is 3.78. The molecule has 1 unspecified atom stereocenters. The quantitative estimate of drug-likeness (QED) is 0.415. The molecule has 2 amide bonds. The Morgan fingerprint density at radius 3 is 2.64 bits per heavy atom. The van der Waals surface area contributed by atoms with E-state index in [9.17, 15) is 9.59 Å². The number of hydrogen-bond donors (Lipinski definition) is 2. The van der Waals surface area contributed by atoms with Gasteiger partial charge in [-0.05, 0) is 53.3 Å². The van der Waals surface area contributed by atoms with Crippen LogP contribution >= 0.6 is 0 Å². The number of hydrogen-bond acceptors (Lipinski definition) is 6. The van der Waals surface area contributed by atoms with Gasteiger partial charge in [-0.25, -0.2) is 15.0 Å². The molecule has 1 atom stereocenters. The van der Waals surface area contributed by atoms with Crippen molar-refractivity contribution in [2.45, 2.75) is 44.1 Å². The van der Waals surface area contributed by atoms with Gasteiger partial charge >= 0.3 is 0 Å². The lowest BCUT2D eigenvalue weighted by molar-refractivity contribution is -0.120. The van der Waals surface area contributed by atoms with Gasteiger partial charge in [-0.2, -0.15) is 0 Å². The Kier molecular flexibility index (Phi) is 5.10. The van der Waals surface area contributed by atoms with E-state index in [-0.39, 0.29) is 17.2 Å². The van der Waals surface area contributed by atoms with E-state index in [0.29, 0.717) is 43.3 Å². The summed E-state index contributed by atoms with van der Waals surface area (Å²) in [7, 11) is 0. The van der Waals surface area contributed by atoms with Crippen molar-refractivity contribution in [2.75, 3.05) is 17.2 Å². The predicted octanol–water partition coefficient (Wildman–Crippen LogP) is 4.54. The molecule has 0 saturated heterocycles. The summed E-state index contributed by atoms with van der Waals surface area (Å²) >= 11 is 0. The van der Waals surface area contributed by atoms with Gasteiger partial charge in [0.25, 0.3) is 5.91 Å². The van der Waals surface area contributed by atoms with E-state index in [4.69, 9.17) is 0 Å². The number of nitrogens with one attached hydrogen (secondary N) is 2. The van der Waals surface area contributed by atoms with Crippen LogP contribution in [-0.2, 0) is 35.0 Å². The van der Waals surface area contributed by atoms with Crippen molar-refractivity contribution < 1.29 is 9.59 Å². The molecule has 8 heteroatoms. The Bertz CT molecular complexity index is 1660. The molecule has 3 aliphatic rings. The first-order valence-electron chi connectivity index (χ1n) is 13.2. The average Bonchev–Trinajstić information content (AvgIpc) is 3.45. The number of carbonyl (C=O) groups is 2. The van der Waals surface area contributed by atoms with Crippen molar-refractivity contribution in [1.82, 2.24) is 19.9 Å². The Morgan fingerprint density at radius 2 is 1.74 bits per heavy atom. The van der Waals surface area contributed by atoms with Gasteiger partial charge in [0.15, 0.2) is 0 Å². The molecule has 0 saturated carbocycles. The molecule has 39 heavy (non-hydrogen) atoms. The summed E-state index contributed by atoms with van der Waals surface area (Å²) in [5, 5.41) is 6.29. The summed E-state index contributed by atoms with van der Waals surface area (Å²) in [5.74, 6) is 1.10. The maximum absolute atomic E-state index is 13.5. The topological polar surface area (TPSA) is 100 Å². The highest BCUT2D eigenvalue weighted by Crippen LogP contribution is 2.47. The second kappa shape index (κ2) is 8.46. The van der Waals surface area contributed by atoms with Gasteiger partial charge in [0, 0.05) is 42.0 Å². The van der Waals surface area contributed by atoms with Crippen molar-refractivity contribution in [1.29, 1.82) is 0 Å². The lowest BCUT2D eigenvalue weighted by atomic mass is 9.78. The van der Waals surface area contributed by atoms with Gasteiger partial charge in [0.2, 0.25) is 5.91 Å². The van der Waals surface area contributed by atoms with Crippen molar-refractivity contribution in [3.63, 3.8) is 0 Å². The van der Waals surface area contributed by atoms with E-state index >= 15 is 0 Å². The molecule has 0 bridgehead atoms. The van der Waals surface area contributed by atoms with Crippen LogP contribution in [0, 0.1) is 0 Å². The lowest BCUT2D eigenvalue weighted by Gasteiger charge is -2.39. The maximum Gasteiger partial charge on any atom is 0.272 e. The standard InChI is InChI=1S/C31H28N6O2/c1-30(2)17-37(16-20-6-3-4-7-23(20)30)28(38)25-13-26(34-18-33-25)35-22-10-9-19-14-31(15-21(19)12-22)24-8-5-11-32-27(24)36-29(31)39/h3-13,18H,14-17H2,1-2H3,(H,32,36,39)(H,33,34,35). The Hall–Kier alpha value is -4.59. The van der Waals surface area contributed by atoms with Gasteiger partial charge in [0.05, 0.1) is 5.41 Å². The molecule has 1 aliphatic carbocycles. The van der Waals surface area contributed by atoms with E-state index < -0.39 is 5.41 Å². The molecule has 0 radical (unpaired) electrons. The Morgan fingerprint density at radius 1 is 0.923 bits per heavy atom. The Labute approximate surface area is 226 Å². The molecule has 2 N–H and O–H groups in total. The number of carbonyl (C=O) groups excluding carboxylic acids is 2. The number of amides is 2. The lowest BCUT2D eigenvalue weighted by Crippen LogP contribution is -2.45. The second-order valence-electron chi connectivity index (χ2n) is 11.4. The van der Waals surface area contributed by atoms with Crippen LogP contribution in [-0.4, -0.2) is 38.2 Å². The van der Waals surface area contributed by atoms with Crippen molar-refractivity contribution in [2.24, 2.45) is 0 Å². The molecule has 2 aromatic carbocycles.